The summed E-state index contributed by atoms with van der Waals surface area (Å²) >= 11 is 2.06. The molecule has 7 heteroatoms. The lowest BCUT2D eigenvalue weighted by molar-refractivity contribution is -0.122. The maximum absolute atomic E-state index is 11.6. The zero-order valence-electron chi connectivity index (χ0n) is 13.8. The van der Waals surface area contributed by atoms with E-state index in [2.05, 4.69) is 46.1 Å². The Kier molecular flexibility index (Phi) is 8.89. The summed E-state index contributed by atoms with van der Waals surface area (Å²) < 4.78 is 0. The van der Waals surface area contributed by atoms with Gasteiger partial charge in [-0.1, -0.05) is 13.8 Å². The van der Waals surface area contributed by atoms with Crippen molar-refractivity contribution in [2.75, 3.05) is 39.0 Å². The lowest BCUT2D eigenvalue weighted by Crippen LogP contribution is -2.50. The molecular formula is C15H29IN4OS. The fourth-order valence-electron chi connectivity index (χ4n) is 2.45. The SMILES string of the molecule is CN=C(NCCNC(=O)C1CC1)N1CCSC(C(C)C)C1.I. The molecule has 0 aromatic rings. The van der Waals surface area contributed by atoms with Gasteiger partial charge in [0.25, 0.3) is 0 Å². The van der Waals surface area contributed by atoms with Gasteiger partial charge in [-0.2, -0.15) is 11.8 Å². The van der Waals surface area contributed by atoms with Gasteiger partial charge in [-0.25, -0.2) is 0 Å². The first-order valence-electron chi connectivity index (χ1n) is 7.96. The first kappa shape index (κ1) is 19.9. The predicted octanol–water partition coefficient (Wildman–Crippen LogP) is 1.78. The standard InChI is InChI=1S/C15H28N4OS.HI/c1-11(2)13-10-19(8-9-21-13)15(16-3)18-7-6-17-14(20)12-4-5-12;/h11-13H,4-10H2,1-3H3,(H,16,18)(H,17,20);1H. The molecule has 1 saturated heterocycles. The smallest absolute Gasteiger partial charge is 0.223 e. The van der Waals surface area contributed by atoms with Gasteiger partial charge in [0.15, 0.2) is 5.96 Å². The van der Waals surface area contributed by atoms with E-state index in [0.717, 1.165) is 44.2 Å². The Morgan fingerprint density at radius 3 is 2.59 bits per heavy atom. The molecule has 1 atom stereocenters. The first-order valence-corrected chi connectivity index (χ1v) is 9.01. The van der Waals surface area contributed by atoms with Crippen LogP contribution in [0.25, 0.3) is 0 Å². The van der Waals surface area contributed by atoms with Crippen LogP contribution in [-0.2, 0) is 4.79 Å². The van der Waals surface area contributed by atoms with Crippen molar-refractivity contribution in [3.05, 3.63) is 0 Å². The summed E-state index contributed by atoms with van der Waals surface area (Å²) in [6.45, 7) is 8.07. The minimum Gasteiger partial charge on any atom is -0.354 e. The number of halogens is 1. The lowest BCUT2D eigenvalue weighted by atomic mass is 10.1. The molecule has 1 aliphatic carbocycles. The Bertz CT molecular complexity index is 388. The van der Waals surface area contributed by atoms with Gasteiger partial charge in [0.2, 0.25) is 5.91 Å². The maximum atomic E-state index is 11.6. The Morgan fingerprint density at radius 2 is 2.00 bits per heavy atom. The summed E-state index contributed by atoms with van der Waals surface area (Å²) in [5.74, 6) is 3.30. The quantitative estimate of drug-likeness (QED) is 0.296. The van der Waals surface area contributed by atoms with Crippen molar-refractivity contribution in [3.8, 4) is 0 Å². The minimum atomic E-state index is 0. The number of carbonyl (C=O) groups is 1. The van der Waals surface area contributed by atoms with Crippen LogP contribution < -0.4 is 10.6 Å². The second kappa shape index (κ2) is 9.85. The molecule has 0 aromatic heterocycles. The Morgan fingerprint density at radius 1 is 1.32 bits per heavy atom. The van der Waals surface area contributed by atoms with E-state index in [1.807, 2.05) is 7.05 Å². The third-order valence-corrected chi connectivity index (χ3v) is 5.54. The van der Waals surface area contributed by atoms with Gasteiger partial charge < -0.3 is 15.5 Å². The minimum absolute atomic E-state index is 0. The van der Waals surface area contributed by atoms with Gasteiger partial charge in [0.1, 0.15) is 0 Å². The van der Waals surface area contributed by atoms with E-state index in [1.165, 1.54) is 0 Å². The average Bonchev–Trinajstić information content (AvgIpc) is 3.32. The molecule has 0 aromatic carbocycles. The fraction of sp³-hybridized carbons (Fsp3) is 0.867. The van der Waals surface area contributed by atoms with Gasteiger partial charge in [-0.3, -0.25) is 9.79 Å². The molecular weight excluding hydrogens is 411 g/mol. The lowest BCUT2D eigenvalue weighted by Gasteiger charge is -2.36. The van der Waals surface area contributed by atoms with Crippen molar-refractivity contribution in [1.29, 1.82) is 0 Å². The molecule has 2 N–H and O–H groups in total. The van der Waals surface area contributed by atoms with E-state index >= 15 is 0 Å². The van der Waals surface area contributed by atoms with Crippen LogP contribution >= 0.6 is 35.7 Å². The molecule has 2 rings (SSSR count). The third-order valence-electron chi connectivity index (χ3n) is 4.00. The number of hydrogen-bond donors (Lipinski definition) is 2. The highest BCUT2D eigenvalue weighted by molar-refractivity contribution is 14.0. The summed E-state index contributed by atoms with van der Waals surface area (Å²) in [6, 6.07) is 0. The van der Waals surface area contributed by atoms with E-state index in [1.54, 1.807) is 0 Å². The van der Waals surface area contributed by atoms with E-state index in [4.69, 9.17) is 0 Å². The second-order valence-electron chi connectivity index (χ2n) is 6.14. The van der Waals surface area contributed by atoms with Crippen molar-refractivity contribution in [2.24, 2.45) is 16.8 Å². The fourth-order valence-corrected chi connectivity index (χ4v) is 3.75. The van der Waals surface area contributed by atoms with E-state index in [-0.39, 0.29) is 35.8 Å². The van der Waals surface area contributed by atoms with E-state index in [9.17, 15) is 4.79 Å². The van der Waals surface area contributed by atoms with Crippen LogP contribution in [0.2, 0.25) is 0 Å². The maximum Gasteiger partial charge on any atom is 0.223 e. The normalized spacial score (nSPS) is 22.3. The zero-order valence-corrected chi connectivity index (χ0v) is 16.9. The van der Waals surface area contributed by atoms with Crippen molar-refractivity contribution in [2.45, 2.75) is 31.9 Å². The number of amides is 1. The number of nitrogens with zero attached hydrogens (tertiary/aromatic N) is 2. The second-order valence-corrected chi connectivity index (χ2v) is 7.49. The summed E-state index contributed by atoms with van der Waals surface area (Å²) in [4.78, 5) is 18.3. The molecule has 22 heavy (non-hydrogen) atoms. The van der Waals surface area contributed by atoms with Crippen LogP contribution in [0.4, 0.5) is 0 Å². The van der Waals surface area contributed by atoms with Crippen LogP contribution in [0.5, 0.6) is 0 Å². The summed E-state index contributed by atoms with van der Waals surface area (Å²) in [5, 5.41) is 7.01. The largest absolute Gasteiger partial charge is 0.354 e. The Hall–Kier alpha value is -0.180. The van der Waals surface area contributed by atoms with Crippen LogP contribution in [-0.4, -0.2) is 61.0 Å². The molecule has 0 radical (unpaired) electrons. The van der Waals surface area contributed by atoms with Crippen molar-refractivity contribution >= 4 is 47.6 Å². The van der Waals surface area contributed by atoms with Crippen LogP contribution in [0.1, 0.15) is 26.7 Å². The molecule has 2 fully saturated rings. The topological polar surface area (TPSA) is 56.7 Å². The predicted molar refractivity (Wildman–Crippen MR) is 105 cm³/mol. The average molecular weight is 440 g/mol. The Labute approximate surface area is 155 Å². The van der Waals surface area contributed by atoms with E-state index in [0.29, 0.717) is 17.7 Å². The zero-order chi connectivity index (χ0) is 15.2. The molecule has 1 unspecified atom stereocenters. The number of guanidine groups is 1. The summed E-state index contributed by atoms with van der Waals surface area (Å²) in [6.07, 6.45) is 2.12. The highest BCUT2D eigenvalue weighted by Gasteiger charge is 2.29. The van der Waals surface area contributed by atoms with Crippen LogP contribution in [0, 0.1) is 11.8 Å². The van der Waals surface area contributed by atoms with Gasteiger partial charge in [0, 0.05) is 50.1 Å². The van der Waals surface area contributed by atoms with Crippen molar-refractivity contribution in [1.82, 2.24) is 15.5 Å². The molecule has 5 nitrogen and oxygen atoms in total. The number of nitrogens with one attached hydrogen (secondary N) is 2. The molecule has 1 heterocycles. The number of aliphatic imine (C=N–C) groups is 1. The molecule has 0 bridgehead atoms. The number of rotatable bonds is 5. The van der Waals surface area contributed by atoms with Crippen molar-refractivity contribution in [3.63, 3.8) is 0 Å². The number of thioether (sulfide) groups is 1. The van der Waals surface area contributed by atoms with Gasteiger partial charge >= 0.3 is 0 Å². The first-order chi connectivity index (χ1) is 10.1. The number of carbonyl (C=O) groups excluding carboxylic acids is 1. The summed E-state index contributed by atoms with van der Waals surface area (Å²) in [5.41, 5.74) is 0. The highest BCUT2D eigenvalue weighted by Crippen LogP contribution is 2.28. The van der Waals surface area contributed by atoms with Crippen LogP contribution in [0.3, 0.4) is 0 Å². The van der Waals surface area contributed by atoms with E-state index < -0.39 is 0 Å². The molecule has 1 amide bonds. The van der Waals surface area contributed by atoms with Gasteiger partial charge in [-0.15, -0.1) is 24.0 Å². The van der Waals surface area contributed by atoms with Gasteiger partial charge in [0.05, 0.1) is 0 Å². The molecule has 128 valence electrons. The highest BCUT2D eigenvalue weighted by atomic mass is 127. The Balaban J connectivity index is 0.00000242. The van der Waals surface area contributed by atoms with Gasteiger partial charge in [-0.05, 0) is 18.8 Å². The molecule has 0 spiro atoms. The number of hydrogen-bond acceptors (Lipinski definition) is 3. The van der Waals surface area contributed by atoms with Crippen LogP contribution in [0.15, 0.2) is 4.99 Å². The monoisotopic (exact) mass is 440 g/mol. The summed E-state index contributed by atoms with van der Waals surface area (Å²) in [7, 11) is 1.83. The third kappa shape index (κ3) is 6.14. The molecule has 1 saturated carbocycles. The molecule has 1 aliphatic heterocycles. The van der Waals surface area contributed by atoms with Crippen molar-refractivity contribution < 1.29 is 4.79 Å². The molecule has 2 aliphatic rings.